The highest BCUT2D eigenvalue weighted by molar-refractivity contribution is 5.61. The second-order valence-corrected chi connectivity index (χ2v) is 5.83. The van der Waals surface area contributed by atoms with Gasteiger partial charge >= 0.3 is 0 Å². The van der Waals surface area contributed by atoms with Gasteiger partial charge in [-0.1, -0.05) is 20.8 Å². The predicted molar refractivity (Wildman–Crippen MR) is 74.6 cm³/mol. The number of benzene rings is 1. The van der Waals surface area contributed by atoms with E-state index in [9.17, 15) is 0 Å². The van der Waals surface area contributed by atoms with Crippen LogP contribution in [0.3, 0.4) is 0 Å². The average molecular weight is 236 g/mol. The molecule has 0 aliphatic rings. The van der Waals surface area contributed by atoms with Crippen LogP contribution >= 0.6 is 0 Å². The minimum Gasteiger partial charge on any atom is -0.489 e. The molecule has 0 fully saturated rings. The maximum Gasteiger partial charge on any atom is 0.144 e. The average Bonchev–Trinajstić information content (AvgIpc) is 2.17. The molecule has 0 saturated carbocycles. The van der Waals surface area contributed by atoms with Crippen LogP contribution in [-0.2, 0) is 0 Å². The van der Waals surface area contributed by atoms with Crippen LogP contribution in [0.2, 0.25) is 0 Å². The summed E-state index contributed by atoms with van der Waals surface area (Å²) in [5.41, 5.74) is 7.84. The third-order valence-electron chi connectivity index (χ3n) is 2.20. The lowest BCUT2D eigenvalue weighted by Gasteiger charge is -2.20. The van der Waals surface area contributed by atoms with Crippen molar-refractivity contribution in [1.82, 2.24) is 0 Å². The van der Waals surface area contributed by atoms with Gasteiger partial charge in [-0.2, -0.15) is 0 Å². The van der Waals surface area contributed by atoms with E-state index in [4.69, 9.17) is 10.5 Å². The molecule has 0 bridgehead atoms. The van der Waals surface area contributed by atoms with Gasteiger partial charge in [0.05, 0.1) is 11.8 Å². The summed E-state index contributed by atoms with van der Waals surface area (Å²) in [6.07, 6.45) is 0.134. The molecule has 0 saturated heterocycles. The molecule has 17 heavy (non-hydrogen) atoms. The number of nitrogen functional groups attached to an aromatic ring is 1. The van der Waals surface area contributed by atoms with Crippen LogP contribution in [0.25, 0.3) is 0 Å². The molecule has 0 spiro atoms. The highest BCUT2D eigenvalue weighted by Crippen LogP contribution is 2.27. The molecule has 0 unspecified atom stereocenters. The van der Waals surface area contributed by atoms with Crippen LogP contribution < -0.4 is 15.8 Å². The summed E-state index contributed by atoms with van der Waals surface area (Å²) >= 11 is 0. The maximum atomic E-state index is 5.87. The van der Waals surface area contributed by atoms with E-state index in [0.717, 1.165) is 18.0 Å². The van der Waals surface area contributed by atoms with Gasteiger partial charge in [-0.15, -0.1) is 0 Å². The SMILES string of the molecule is CC(C)Oc1cc(NCC(C)(C)C)ccc1N. The van der Waals surface area contributed by atoms with Gasteiger partial charge < -0.3 is 15.8 Å². The van der Waals surface area contributed by atoms with E-state index < -0.39 is 0 Å². The molecule has 0 aromatic heterocycles. The highest BCUT2D eigenvalue weighted by atomic mass is 16.5. The number of nitrogens with one attached hydrogen (secondary N) is 1. The van der Waals surface area contributed by atoms with E-state index in [1.807, 2.05) is 32.0 Å². The van der Waals surface area contributed by atoms with E-state index in [0.29, 0.717) is 5.69 Å². The summed E-state index contributed by atoms with van der Waals surface area (Å²) in [5.74, 6) is 0.749. The summed E-state index contributed by atoms with van der Waals surface area (Å²) in [6.45, 7) is 11.5. The number of anilines is 2. The molecule has 96 valence electrons. The van der Waals surface area contributed by atoms with Crippen molar-refractivity contribution in [2.75, 3.05) is 17.6 Å². The molecular formula is C14H24N2O. The molecular weight excluding hydrogens is 212 g/mol. The largest absolute Gasteiger partial charge is 0.489 e. The normalized spacial score (nSPS) is 11.6. The van der Waals surface area contributed by atoms with Gasteiger partial charge in [-0.05, 0) is 31.4 Å². The molecule has 3 heteroatoms. The smallest absolute Gasteiger partial charge is 0.144 e. The second kappa shape index (κ2) is 5.30. The van der Waals surface area contributed by atoms with Crippen molar-refractivity contribution in [2.24, 2.45) is 5.41 Å². The lowest BCUT2D eigenvalue weighted by Crippen LogP contribution is -2.19. The Labute approximate surface area is 104 Å². The maximum absolute atomic E-state index is 5.87. The van der Waals surface area contributed by atoms with Crippen molar-refractivity contribution < 1.29 is 4.74 Å². The molecule has 0 atom stereocenters. The van der Waals surface area contributed by atoms with Gasteiger partial charge in [0.25, 0.3) is 0 Å². The standard InChI is InChI=1S/C14H24N2O/c1-10(2)17-13-8-11(6-7-12(13)15)16-9-14(3,4)5/h6-8,10,16H,9,15H2,1-5H3. The number of hydrogen-bond donors (Lipinski definition) is 2. The summed E-state index contributed by atoms with van der Waals surface area (Å²) < 4.78 is 5.65. The first-order chi connectivity index (χ1) is 7.78. The van der Waals surface area contributed by atoms with Gasteiger partial charge in [0.2, 0.25) is 0 Å². The van der Waals surface area contributed by atoms with Crippen molar-refractivity contribution in [3.8, 4) is 5.75 Å². The van der Waals surface area contributed by atoms with Crippen molar-refractivity contribution in [3.05, 3.63) is 18.2 Å². The van der Waals surface area contributed by atoms with Crippen LogP contribution in [0.5, 0.6) is 5.75 Å². The zero-order valence-corrected chi connectivity index (χ0v) is 11.5. The molecule has 1 rings (SSSR count). The van der Waals surface area contributed by atoms with Gasteiger partial charge in [0.15, 0.2) is 0 Å². The van der Waals surface area contributed by atoms with E-state index in [1.54, 1.807) is 0 Å². The highest BCUT2D eigenvalue weighted by Gasteiger charge is 2.10. The number of nitrogens with two attached hydrogens (primary N) is 1. The molecule has 0 heterocycles. The predicted octanol–water partition coefficient (Wildman–Crippen LogP) is 3.51. The Bertz CT molecular complexity index is 367. The van der Waals surface area contributed by atoms with Crippen molar-refractivity contribution in [2.45, 2.75) is 40.7 Å². The quantitative estimate of drug-likeness (QED) is 0.786. The second-order valence-electron chi connectivity index (χ2n) is 5.83. The van der Waals surface area contributed by atoms with Crippen molar-refractivity contribution in [3.63, 3.8) is 0 Å². The molecule has 0 radical (unpaired) electrons. The molecule has 0 aliphatic heterocycles. The Hall–Kier alpha value is -1.38. The summed E-state index contributed by atoms with van der Waals surface area (Å²) in [4.78, 5) is 0. The lowest BCUT2D eigenvalue weighted by molar-refractivity contribution is 0.244. The third kappa shape index (κ3) is 4.98. The fourth-order valence-corrected chi connectivity index (χ4v) is 1.37. The lowest BCUT2D eigenvalue weighted by atomic mass is 9.97. The number of rotatable bonds is 4. The van der Waals surface area contributed by atoms with E-state index in [-0.39, 0.29) is 11.5 Å². The first-order valence-electron chi connectivity index (χ1n) is 6.08. The molecule has 1 aromatic rings. The topological polar surface area (TPSA) is 47.3 Å². The minimum atomic E-state index is 0.134. The first kappa shape index (κ1) is 13.7. The molecule has 0 aliphatic carbocycles. The van der Waals surface area contributed by atoms with Crippen LogP contribution in [0, 0.1) is 5.41 Å². The first-order valence-corrected chi connectivity index (χ1v) is 6.08. The third-order valence-corrected chi connectivity index (χ3v) is 2.20. The summed E-state index contributed by atoms with van der Waals surface area (Å²) in [5, 5.41) is 3.39. The van der Waals surface area contributed by atoms with E-state index >= 15 is 0 Å². The Morgan fingerprint density at radius 1 is 1.29 bits per heavy atom. The van der Waals surface area contributed by atoms with Crippen molar-refractivity contribution >= 4 is 11.4 Å². The monoisotopic (exact) mass is 236 g/mol. The van der Waals surface area contributed by atoms with Gasteiger partial charge in [-0.25, -0.2) is 0 Å². The van der Waals surface area contributed by atoms with Crippen molar-refractivity contribution in [1.29, 1.82) is 0 Å². The van der Waals surface area contributed by atoms with Crippen LogP contribution in [0.15, 0.2) is 18.2 Å². The van der Waals surface area contributed by atoms with E-state index in [2.05, 4.69) is 26.1 Å². The van der Waals surface area contributed by atoms with Gasteiger partial charge in [-0.3, -0.25) is 0 Å². The number of ether oxygens (including phenoxy) is 1. The Morgan fingerprint density at radius 2 is 1.94 bits per heavy atom. The van der Waals surface area contributed by atoms with Crippen LogP contribution in [-0.4, -0.2) is 12.6 Å². The molecule has 3 nitrogen and oxygen atoms in total. The molecule has 1 aromatic carbocycles. The zero-order chi connectivity index (χ0) is 13.1. The van der Waals surface area contributed by atoms with Crippen LogP contribution in [0.4, 0.5) is 11.4 Å². The van der Waals surface area contributed by atoms with Crippen LogP contribution in [0.1, 0.15) is 34.6 Å². The fourth-order valence-electron chi connectivity index (χ4n) is 1.37. The Balaban J connectivity index is 2.74. The zero-order valence-electron chi connectivity index (χ0n) is 11.5. The Kier molecular flexibility index (Phi) is 4.27. The summed E-state index contributed by atoms with van der Waals surface area (Å²) in [7, 11) is 0. The van der Waals surface area contributed by atoms with Gasteiger partial charge in [0.1, 0.15) is 5.75 Å². The number of hydrogen-bond acceptors (Lipinski definition) is 3. The summed E-state index contributed by atoms with van der Waals surface area (Å²) in [6, 6.07) is 5.82. The fraction of sp³-hybridized carbons (Fsp3) is 0.571. The van der Waals surface area contributed by atoms with E-state index in [1.165, 1.54) is 0 Å². The molecule has 0 amide bonds. The minimum absolute atomic E-state index is 0.134. The molecule has 3 N–H and O–H groups in total. The van der Waals surface area contributed by atoms with Gasteiger partial charge in [0, 0.05) is 18.3 Å². The Morgan fingerprint density at radius 3 is 2.47 bits per heavy atom.